The van der Waals surface area contributed by atoms with E-state index in [4.69, 9.17) is 4.74 Å². The molecule has 3 heterocycles. The summed E-state index contributed by atoms with van der Waals surface area (Å²) in [6.07, 6.45) is 4.18. The van der Waals surface area contributed by atoms with Gasteiger partial charge in [-0.25, -0.2) is 9.97 Å². The van der Waals surface area contributed by atoms with Crippen LogP contribution in [-0.4, -0.2) is 35.4 Å². The van der Waals surface area contributed by atoms with Gasteiger partial charge in [-0.3, -0.25) is 4.79 Å². The van der Waals surface area contributed by atoms with Crippen molar-refractivity contribution in [2.75, 3.05) is 24.6 Å². The van der Waals surface area contributed by atoms with Gasteiger partial charge in [0.25, 0.3) is 0 Å². The van der Waals surface area contributed by atoms with Gasteiger partial charge in [-0.1, -0.05) is 30.3 Å². The van der Waals surface area contributed by atoms with Gasteiger partial charge in [0.1, 0.15) is 12.1 Å². The molecule has 0 spiro atoms. The van der Waals surface area contributed by atoms with Crippen LogP contribution in [0.2, 0.25) is 0 Å². The van der Waals surface area contributed by atoms with Gasteiger partial charge in [-0.2, -0.15) is 0 Å². The molecule has 0 unspecified atom stereocenters. The summed E-state index contributed by atoms with van der Waals surface area (Å²) in [6.45, 7) is 2.39. The van der Waals surface area contributed by atoms with Crippen molar-refractivity contribution >= 4 is 11.6 Å². The number of hydrogen-bond donors (Lipinski definition) is 0. The average molecular weight is 309 g/mol. The van der Waals surface area contributed by atoms with Gasteiger partial charge in [0, 0.05) is 31.0 Å². The number of Topliss-reactive ketones (excluding diaryl/α,β-unsaturated/α-hetero) is 1. The van der Waals surface area contributed by atoms with E-state index in [1.807, 2.05) is 30.3 Å². The molecule has 0 N–H and O–H groups in total. The Bertz CT molecular complexity index is 709. The lowest BCUT2D eigenvalue weighted by atomic mass is 9.89. The number of benzene rings is 1. The maximum atomic E-state index is 12.6. The second-order valence-electron chi connectivity index (χ2n) is 6.07. The molecule has 0 saturated carbocycles. The van der Waals surface area contributed by atoms with E-state index in [0.717, 1.165) is 55.2 Å². The first kappa shape index (κ1) is 14.2. The predicted octanol–water partition coefficient (Wildman–Crippen LogP) is 2.51. The summed E-state index contributed by atoms with van der Waals surface area (Å²) in [5, 5.41) is 0. The quantitative estimate of drug-likeness (QED) is 0.815. The van der Waals surface area contributed by atoms with Crippen LogP contribution in [-0.2, 0) is 6.42 Å². The highest BCUT2D eigenvalue weighted by molar-refractivity contribution is 5.97. The van der Waals surface area contributed by atoms with E-state index in [-0.39, 0.29) is 11.7 Å². The summed E-state index contributed by atoms with van der Waals surface area (Å²) in [7, 11) is 0. The van der Waals surface area contributed by atoms with Gasteiger partial charge in [0.15, 0.2) is 5.78 Å². The van der Waals surface area contributed by atoms with Crippen molar-refractivity contribution in [3.8, 4) is 5.88 Å². The number of anilines is 1. The molecule has 1 saturated heterocycles. The maximum absolute atomic E-state index is 12.6. The van der Waals surface area contributed by atoms with E-state index in [1.54, 1.807) is 6.33 Å². The van der Waals surface area contributed by atoms with Crippen molar-refractivity contribution in [3.63, 3.8) is 0 Å². The molecule has 0 aliphatic carbocycles. The van der Waals surface area contributed by atoms with Crippen LogP contribution in [0.5, 0.6) is 5.88 Å². The molecule has 0 amide bonds. The minimum absolute atomic E-state index is 0.111. The van der Waals surface area contributed by atoms with Gasteiger partial charge >= 0.3 is 0 Å². The Morgan fingerprint density at radius 2 is 1.91 bits per heavy atom. The van der Waals surface area contributed by atoms with Crippen molar-refractivity contribution in [3.05, 3.63) is 47.8 Å². The highest BCUT2D eigenvalue weighted by atomic mass is 16.5. The predicted molar refractivity (Wildman–Crippen MR) is 86.9 cm³/mol. The summed E-state index contributed by atoms with van der Waals surface area (Å²) < 4.78 is 5.52. The fraction of sp³-hybridized carbons (Fsp3) is 0.389. The van der Waals surface area contributed by atoms with E-state index in [0.29, 0.717) is 6.61 Å². The zero-order valence-electron chi connectivity index (χ0n) is 12.9. The molecule has 5 heteroatoms. The Labute approximate surface area is 135 Å². The molecule has 1 aromatic heterocycles. The SMILES string of the molecule is O=C(c1ccccc1)C1CCN(c2ncnc3c2CCO3)CC1. The molecule has 118 valence electrons. The molecule has 2 aliphatic heterocycles. The van der Waals surface area contributed by atoms with Crippen molar-refractivity contribution in [2.45, 2.75) is 19.3 Å². The van der Waals surface area contributed by atoms with Crippen molar-refractivity contribution < 1.29 is 9.53 Å². The van der Waals surface area contributed by atoms with E-state index in [1.165, 1.54) is 0 Å². The second-order valence-corrected chi connectivity index (χ2v) is 6.07. The Morgan fingerprint density at radius 1 is 1.13 bits per heavy atom. The largest absolute Gasteiger partial charge is 0.477 e. The molecule has 0 atom stereocenters. The number of piperidine rings is 1. The highest BCUT2D eigenvalue weighted by Gasteiger charge is 2.29. The number of ketones is 1. The number of carbonyl (C=O) groups is 1. The Morgan fingerprint density at radius 3 is 2.70 bits per heavy atom. The molecule has 1 fully saturated rings. The van der Waals surface area contributed by atoms with Crippen molar-refractivity contribution in [1.82, 2.24) is 9.97 Å². The number of hydrogen-bond acceptors (Lipinski definition) is 5. The fourth-order valence-electron chi connectivity index (χ4n) is 3.44. The minimum Gasteiger partial charge on any atom is -0.477 e. The summed E-state index contributed by atoms with van der Waals surface area (Å²) in [5.74, 6) is 2.08. The number of ether oxygens (including phenoxy) is 1. The Hall–Kier alpha value is -2.43. The van der Waals surface area contributed by atoms with Crippen LogP contribution >= 0.6 is 0 Å². The number of carbonyl (C=O) groups excluding carboxylic acids is 1. The molecule has 23 heavy (non-hydrogen) atoms. The van der Waals surface area contributed by atoms with Crippen LogP contribution in [0.25, 0.3) is 0 Å². The van der Waals surface area contributed by atoms with Gasteiger partial charge in [0.2, 0.25) is 5.88 Å². The molecule has 4 rings (SSSR count). The molecule has 5 nitrogen and oxygen atoms in total. The third-order valence-corrected chi connectivity index (χ3v) is 4.70. The number of nitrogens with zero attached hydrogens (tertiary/aromatic N) is 3. The fourth-order valence-corrected chi connectivity index (χ4v) is 3.44. The molecule has 0 bridgehead atoms. The average Bonchev–Trinajstić information content (AvgIpc) is 3.11. The lowest BCUT2D eigenvalue weighted by Crippen LogP contribution is -2.37. The first-order chi connectivity index (χ1) is 11.3. The van der Waals surface area contributed by atoms with Crippen LogP contribution < -0.4 is 9.64 Å². The third kappa shape index (κ3) is 2.67. The van der Waals surface area contributed by atoms with Crippen molar-refractivity contribution in [2.24, 2.45) is 5.92 Å². The normalized spacial score (nSPS) is 17.7. The lowest BCUT2D eigenvalue weighted by molar-refractivity contribution is 0.0900. The monoisotopic (exact) mass is 309 g/mol. The molecular weight excluding hydrogens is 290 g/mol. The van der Waals surface area contributed by atoms with Gasteiger partial charge < -0.3 is 9.64 Å². The van der Waals surface area contributed by atoms with Crippen LogP contribution in [0.3, 0.4) is 0 Å². The van der Waals surface area contributed by atoms with Crippen LogP contribution in [0.4, 0.5) is 5.82 Å². The molecule has 1 aromatic carbocycles. The van der Waals surface area contributed by atoms with Crippen LogP contribution in [0, 0.1) is 5.92 Å². The standard InChI is InChI=1S/C18H19N3O2/c22-16(13-4-2-1-3-5-13)14-6-9-21(10-7-14)17-15-8-11-23-18(15)20-12-19-17/h1-5,12,14H,6-11H2. The van der Waals surface area contributed by atoms with Gasteiger partial charge in [0.05, 0.1) is 12.2 Å². The van der Waals surface area contributed by atoms with Gasteiger partial charge in [-0.15, -0.1) is 0 Å². The van der Waals surface area contributed by atoms with E-state index >= 15 is 0 Å². The number of aromatic nitrogens is 2. The van der Waals surface area contributed by atoms with E-state index in [2.05, 4.69) is 14.9 Å². The summed E-state index contributed by atoms with van der Waals surface area (Å²) in [4.78, 5) is 23.5. The Kier molecular flexibility index (Phi) is 3.69. The zero-order chi connectivity index (χ0) is 15.6. The van der Waals surface area contributed by atoms with Crippen LogP contribution in [0.1, 0.15) is 28.8 Å². The molecule has 2 aliphatic rings. The first-order valence-corrected chi connectivity index (χ1v) is 8.14. The molecule has 2 aromatic rings. The number of fused-ring (bicyclic) bond motifs is 1. The Balaban J connectivity index is 1.46. The highest BCUT2D eigenvalue weighted by Crippen LogP contribution is 2.32. The summed E-state index contributed by atoms with van der Waals surface area (Å²) in [6, 6.07) is 9.60. The maximum Gasteiger partial charge on any atom is 0.221 e. The molecule has 0 radical (unpaired) electrons. The number of rotatable bonds is 3. The lowest BCUT2D eigenvalue weighted by Gasteiger charge is -2.32. The van der Waals surface area contributed by atoms with Crippen molar-refractivity contribution in [1.29, 1.82) is 0 Å². The topological polar surface area (TPSA) is 55.3 Å². The van der Waals surface area contributed by atoms with Crippen LogP contribution in [0.15, 0.2) is 36.7 Å². The van der Waals surface area contributed by atoms with E-state index < -0.39 is 0 Å². The third-order valence-electron chi connectivity index (χ3n) is 4.70. The van der Waals surface area contributed by atoms with Gasteiger partial charge in [-0.05, 0) is 12.8 Å². The summed E-state index contributed by atoms with van der Waals surface area (Å²) >= 11 is 0. The first-order valence-electron chi connectivity index (χ1n) is 8.14. The summed E-state index contributed by atoms with van der Waals surface area (Å²) in [5.41, 5.74) is 1.93. The smallest absolute Gasteiger partial charge is 0.221 e. The zero-order valence-corrected chi connectivity index (χ0v) is 12.9. The van der Waals surface area contributed by atoms with E-state index in [9.17, 15) is 4.79 Å². The second kappa shape index (κ2) is 5.99. The minimum atomic E-state index is 0.111. The molecular formula is C18H19N3O2.